The zero-order valence-corrected chi connectivity index (χ0v) is 18.8. The van der Waals surface area contributed by atoms with E-state index < -0.39 is 0 Å². The fourth-order valence-electron chi connectivity index (χ4n) is 3.29. The lowest BCUT2D eigenvalue weighted by Crippen LogP contribution is -2.13. The highest BCUT2D eigenvalue weighted by Gasteiger charge is 2.10. The molecule has 3 aromatic carbocycles. The number of nitrogens with zero attached hydrogens (tertiary/aromatic N) is 1. The predicted octanol–water partition coefficient (Wildman–Crippen LogP) is 5.98. The molecule has 0 aliphatic heterocycles. The van der Waals surface area contributed by atoms with E-state index in [1.807, 2.05) is 94.4 Å². The molecule has 4 rings (SSSR count). The second kappa shape index (κ2) is 10.4. The number of pyridine rings is 1. The van der Waals surface area contributed by atoms with E-state index in [1.165, 1.54) is 0 Å². The van der Waals surface area contributed by atoms with Crippen LogP contribution in [0.5, 0.6) is 0 Å². The maximum absolute atomic E-state index is 12.5. The van der Waals surface area contributed by atoms with Crippen molar-refractivity contribution < 1.29 is 9.59 Å². The molecule has 32 heavy (non-hydrogen) atoms. The number of hydrogen-bond donors (Lipinski definition) is 2. The molecule has 0 fully saturated rings. The van der Waals surface area contributed by atoms with E-state index in [0.29, 0.717) is 12.0 Å². The van der Waals surface area contributed by atoms with Crippen molar-refractivity contribution in [2.45, 2.75) is 27.7 Å². The standard InChI is InChI=1S/C19H18N2O.C8H9NO/c1-12-4-5-14(3)18(10-12)21-19(22)15-6-7-17-16(11-15)13(2)8-9-20-17;1-7-3-2-4-8(5-7)9-6-10/h4-11H,1-3H3,(H,21,22);2-6H,1H3,(H,9,10). The number of carbonyl (C=O) groups is 2. The number of aryl methyl sites for hydroxylation is 4. The first-order valence-corrected chi connectivity index (χ1v) is 10.4. The summed E-state index contributed by atoms with van der Waals surface area (Å²) in [5.74, 6) is -0.0983. The number of nitrogens with one attached hydrogen (secondary N) is 2. The fourth-order valence-corrected chi connectivity index (χ4v) is 3.29. The highest BCUT2D eigenvalue weighted by atomic mass is 16.1. The number of hydrogen-bond acceptors (Lipinski definition) is 3. The number of carbonyl (C=O) groups excluding carboxylic acids is 2. The van der Waals surface area contributed by atoms with Gasteiger partial charge in [0.05, 0.1) is 5.52 Å². The van der Waals surface area contributed by atoms with Gasteiger partial charge in [0.25, 0.3) is 5.91 Å². The van der Waals surface area contributed by atoms with Gasteiger partial charge in [0.2, 0.25) is 6.41 Å². The van der Waals surface area contributed by atoms with Crippen LogP contribution in [0.15, 0.2) is 72.9 Å². The van der Waals surface area contributed by atoms with Gasteiger partial charge in [-0.25, -0.2) is 0 Å². The van der Waals surface area contributed by atoms with Crippen LogP contribution in [0.1, 0.15) is 32.6 Å². The molecule has 5 nitrogen and oxygen atoms in total. The minimum Gasteiger partial charge on any atom is -0.329 e. The summed E-state index contributed by atoms with van der Waals surface area (Å²) in [5, 5.41) is 6.57. The van der Waals surface area contributed by atoms with Gasteiger partial charge < -0.3 is 10.6 Å². The summed E-state index contributed by atoms with van der Waals surface area (Å²) in [7, 11) is 0. The van der Waals surface area contributed by atoms with Crippen LogP contribution < -0.4 is 10.6 Å². The third-order valence-electron chi connectivity index (χ3n) is 5.11. The first-order chi connectivity index (χ1) is 15.4. The number of rotatable bonds is 4. The van der Waals surface area contributed by atoms with Crippen LogP contribution in [0.3, 0.4) is 0 Å². The number of fused-ring (bicyclic) bond motifs is 1. The first kappa shape index (κ1) is 22.7. The highest BCUT2D eigenvalue weighted by Crippen LogP contribution is 2.20. The van der Waals surface area contributed by atoms with Gasteiger partial charge in [-0.15, -0.1) is 0 Å². The SMILES string of the molecule is Cc1ccc(C)c(NC(=O)c2ccc3nccc(C)c3c2)c1.Cc1cccc(NC=O)c1. The van der Waals surface area contributed by atoms with E-state index >= 15 is 0 Å². The molecule has 2 amide bonds. The molecular formula is C27H27N3O2. The van der Waals surface area contributed by atoms with E-state index in [4.69, 9.17) is 0 Å². The van der Waals surface area contributed by atoms with Crippen LogP contribution in [0.25, 0.3) is 10.9 Å². The number of aromatic nitrogens is 1. The average Bonchev–Trinajstić information content (AvgIpc) is 2.77. The van der Waals surface area contributed by atoms with E-state index in [9.17, 15) is 9.59 Å². The Morgan fingerprint density at radius 2 is 1.62 bits per heavy atom. The molecule has 4 aromatic rings. The summed E-state index contributed by atoms with van der Waals surface area (Å²) in [6, 6.07) is 21.2. The third-order valence-corrected chi connectivity index (χ3v) is 5.11. The summed E-state index contributed by atoms with van der Waals surface area (Å²) >= 11 is 0. The van der Waals surface area contributed by atoms with Gasteiger partial charge in [-0.3, -0.25) is 14.6 Å². The molecule has 0 aliphatic carbocycles. The lowest BCUT2D eigenvalue weighted by atomic mass is 10.1. The Bertz CT molecular complexity index is 1260. The topological polar surface area (TPSA) is 71.1 Å². The Balaban J connectivity index is 0.000000243. The van der Waals surface area contributed by atoms with Gasteiger partial charge in [0.1, 0.15) is 0 Å². The van der Waals surface area contributed by atoms with Crippen molar-refractivity contribution in [3.05, 3.63) is 101 Å². The van der Waals surface area contributed by atoms with E-state index in [-0.39, 0.29) is 5.91 Å². The predicted molar refractivity (Wildman–Crippen MR) is 131 cm³/mol. The van der Waals surface area contributed by atoms with Crippen LogP contribution in [-0.2, 0) is 4.79 Å². The Labute approximate surface area is 188 Å². The number of amides is 2. The summed E-state index contributed by atoms with van der Waals surface area (Å²) in [4.78, 5) is 26.8. The monoisotopic (exact) mass is 425 g/mol. The maximum Gasteiger partial charge on any atom is 0.255 e. The van der Waals surface area contributed by atoms with Crippen molar-refractivity contribution in [3.8, 4) is 0 Å². The summed E-state index contributed by atoms with van der Waals surface area (Å²) in [5.41, 5.74) is 7.69. The van der Waals surface area contributed by atoms with Gasteiger partial charge >= 0.3 is 0 Å². The normalized spacial score (nSPS) is 10.1. The van der Waals surface area contributed by atoms with Crippen molar-refractivity contribution >= 4 is 34.6 Å². The molecule has 1 heterocycles. The van der Waals surface area contributed by atoms with Gasteiger partial charge in [-0.05, 0) is 92.4 Å². The van der Waals surface area contributed by atoms with Gasteiger partial charge in [-0.1, -0.05) is 24.3 Å². The molecular weight excluding hydrogens is 398 g/mol. The van der Waals surface area contributed by atoms with Crippen molar-refractivity contribution in [2.75, 3.05) is 10.6 Å². The second-order valence-corrected chi connectivity index (χ2v) is 7.76. The first-order valence-electron chi connectivity index (χ1n) is 10.4. The Kier molecular flexibility index (Phi) is 7.34. The van der Waals surface area contributed by atoms with Crippen LogP contribution in [-0.4, -0.2) is 17.3 Å². The molecule has 162 valence electrons. The Morgan fingerprint density at radius 1 is 0.844 bits per heavy atom. The van der Waals surface area contributed by atoms with Gasteiger partial charge in [0.15, 0.2) is 0 Å². The quantitative estimate of drug-likeness (QED) is 0.395. The molecule has 2 N–H and O–H groups in total. The summed E-state index contributed by atoms with van der Waals surface area (Å²) in [6.07, 6.45) is 2.46. The minimum absolute atomic E-state index is 0.0983. The summed E-state index contributed by atoms with van der Waals surface area (Å²) < 4.78 is 0. The van der Waals surface area contributed by atoms with E-state index in [0.717, 1.165) is 44.5 Å². The zero-order chi connectivity index (χ0) is 23.1. The molecule has 0 radical (unpaired) electrons. The molecule has 0 atom stereocenters. The lowest BCUT2D eigenvalue weighted by Gasteiger charge is -2.10. The van der Waals surface area contributed by atoms with Crippen LogP contribution in [0.2, 0.25) is 0 Å². The molecule has 0 unspecified atom stereocenters. The molecule has 0 saturated carbocycles. The van der Waals surface area contributed by atoms with Crippen molar-refractivity contribution in [2.24, 2.45) is 0 Å². The molecule has 0 bridgehead atoms. The average molecular weight is 426 g/mol. The van der Waals surface area contributed by atoms with Gasteiger partial charge in [0, 0.05) is 28.5 Å². The highest BCUT2D eigenvalue weighted by molar-refractivity contribution is 6.06. The van der Waals surface area contributed by atoms with Crippen molar-refractivity contribution in [3.63, 3.8) is 0 Å². The van der Waals surface area contributed by atoms with Crippen molar-refractivity contribution in [1.29, 1.82) is 0 Å². The molecule has 5 heteroatoms. The Hall–Kier alpha value is -3.99. The molecule has 0 spiro atoms. The largest absolute Gasteiger partial charge is 0.329 e. The third kappa shape index (κ3) is 5.79. The van der Waals surface area contributed by atoms with Gasteiger partial charge in [-0.2, -0.15) is 0 Å². The second-order valence-electron chi connectivity index (χ2n) is 7.76. The summed E-state index contributed by atoms with van der Waals surface area (Å²) in [6.45, 7) is 8.01. The van der Waals surface area contributed by atoms with Crippen LogP contribution >= 0.6 is 0 Å². The molecule has 0 aliphatic rings. The number of anilines is 2. The number of benzene rings is 3. The fraction of sp³-hybridized carbons (Fsp3) is 0.148. The smallest absolute Gasteiger partial charge is 0.255 e. The van der Waals surface area contributed by atoms with E-state index in [2.05, 4.69) is 15.6 Å². The van der Waals surface area contributed by atoms with Crippen LogP contribution in [0.4, 0.5) is 11.4 Å². The Morgan fingerprint density at radius 3 is 2.38 bits per heavy atom. The molecule has 1 aromatic heterocycles. The maximum atomic E-state index is 12.5. The van der Waals surface area contributed by atoms with Crippen LogP contribution in [0, 0.1) is 27.7 Å². The molecule has 0 saturated heterocycles. The zero-order valence-electron chi connectivity index (χ0n) is 18.8. The lowest BCUT2D eigenvalue weighted by molar-refractivity contribution is -0.105. The van der Waals surface area contributed by atoms with Crippen molar-refractivity contribution in [1.82, 2.24) is 4.98 Å². The van der Waals surface area contributed by atoms with E-state index in [1.54, 1.807) is 6.20 Å². The minimum atomic E-state index is -0.0983.